The summed E-state index contributed by atoms with van der Waals surface area (Å²) in [6.07, 6.45) is 3.53. The highest BCUT2D eigenvalue weighted by Gasteiger charge is 2.73. The Labute approximate surface area is 111 Å². The van der Waals surface area contributed by atoms with Crippen LogP contribution in [0.25, 0.3) is 0 Å². The molecule has 3 rings (SSSR count). The maximum absolute atomic E-state index is 10.8. The molecule has 2 N–H and O–H groups in total. The summed E-state index contributed by atoms with van der Waals surface area (Å²) in [5.74, 6) is 2.57. The molecule has 0 amide bonds. The van der Waals surface area contributed by atoms with Crippen molar-refractivity contribution in [3.05, 3.63) is 0 Å². The predicted octanol–water partition coefficient (Wildman–Crippen LogP) is 2.83. The molecule has 0 aromatic rings. The molecule has 18 heavy (non-hydrogen) atoms. The van der Waals surface area contributed by atoms with Crippen molar-refractivity contribution in [2.75, 3.05) is 0 Å². The van der Waals surface area contributed by atoms with Crippen LogP contribution in [0.2, 0.25) is 0 Å². The van der Waals surface area contributed by atoms with Crippen molar-refractivity contribution in [3.63, 3.8) is 0 Å². The van der Waals surface area contributed by atoms with Gasteiger partial charge in [-0.25, -0.2) is 0 Å². The van der Waals surface area contributed by atoms with E-state index in [0.29, 0.717) is 23.7 Å². The van der Waals surface area contributed by atoms with Gasteiger partial charge in [0.2, 0.25) is 0 Å². The Kier molecular flexibility index (Phi) is 2.68. The summed E-state index contributed by atoms with van der Waals surface area (Å²) >= 11 is 0. The lowest BCUT2D eigenvalue weighted by atomic mass is 9.46. The fourth-order valence-electron chi connectivity index (χ4n) is 5.61. The van der Waals surface area contributed by atoms with E-state index in [0.717, 1.165) is 25.7 Å². The van der Waals surface area contributed by atoms with Crippen LogP contribution in [0.15, 0.2) is 0 Å². The van der Waals surface area contributed by atoms with Crippen LogP contribution in [0.3, 0.4) is 0 Å². The van der Waals surface area contributed by atoms with Crippen LogP contribution in [0.4, 0.5) is 0 Å². The van der Waals surface area contributed by atoms with Crippen LogP contribution < -0.4 is 0 Å². The standard InChI is InChI=1S/C16H28O2/c1-9-5-15(6-10(9)2)13(17)16(14(15)18)7-11(3)12(4)8-16/h9-14,17-18H,5-8H2,1-4H3. The first-order valence-electron chi connectivity index (χ1n) is 7.69. The number of hydrogen-bond acceptors (Lipinski definition) is 2. The molecule has 3 aliphatic rings. The van der Waals surface area contributed by atoms with Crippen LogP contribution in [0.1, 0.15) is 53.4 Å². The quantitative estimate of drug-likeness (QED) is 0.696. The van der Waals surface area contributed by atoms with E-state index in [1.165, 1.54) is 0 Å². The molecule has 3 fully saturated rings. The maximum atomic E-state index is 10.8. The van der Waals surface area contributed by atoms with Gasteiger partial charge in [0, 0.05) is 10.8 Å². The molecular formula is C16H28O2. The van der Waals surface area contributed by atoms with Crippen molar-refractivity contribution in [3.8, 4) is 0 Å². The van der Waals surface area contributed by atoms with Crippen molar-refractivity contribution < 1.29 is 10.2 Å². The maximum Gasteiger partial charge on any atom is 0.0702 e. The Bertz CT molecular complexity index is 285. The highest BCUT2D eigenvalue weighted by atomic mass is 16.3. The van der Waals surface area contributed by atoms with Gasteiger partial charge in [-0.1, -0.05) is 27.7 Å². The van der Waals surface area contributed by atoms with Gasteiger partial charge in [-0.15, -0.1) is 0 Å². The zero-order valence-electron chi connectivity index (χ0n) is 12.2. The summed E-state index contributed by atoms with van der Waals surface area (Å²) in [7, 11) is 0. The van der Waals surface area contributed by atoms with Crippen LogP contribution in [0, 0.1) is 34.5 Å². The molecule has 0 radical (unpaired) electrons. The first-order valence-corrected chi connectivity index (χ1v) is 7.69. The van der Waals surface area contributed by atoms with E-state index in [9.17, 15) is 10.2 Å². The largest absolute Gasteiger partial charge is 0.392 e. The molecule has 2 nitrogen and oxygen atoms in total. The minimum atomic E-state index is -0.264. The van der Waals surface area contributed by atoms with E-state index < -0.39 is 0 Å². The van der Waals surface area contributed by atoms with Crippen LogP contribution in [-0.4, -0.2) is 22.4 Å². The SMILES string of the molecule is CC1CC2(CC1C)C(O)C1(CC(C)C(C)C1)C2O. The molecule has 2 spiro atoms. The predicted molar refractivity (Wildman–Crippen MR) is 72.0 cm³/mol. The zero-order chi connectivity index (χ0) is 13.3. The second-order valence-electron chi connectivity index (χ2n) is 8.00. The Morgan fingerprint density at radius 2 is 0.833 bits per heavy atom. The lowest BCUT2D eigenvalue weighted by Crippen LogP contribution is -2.70. The zero-order valence-corrected chi connectivity index (χ0v) is 12.2. The van der Waals surface area contributed by atoms with Crippen LogP contribution >= 0.6 is 0 Å². The number of rotatable bonds is 0. The highest BCUT2D eigenvalue weighted by molar-refractivity contribution is 5.22. The van der Waals surface area contributed by atoms with Crippen LogP contribution in [0.5, 0.6) is 0 Å². The Morgan fingerprint density at radius 3 is 1.06 bits per heavy atom. The lowest BCUT2D eigenvalue weighted by molar-refractivity contribution is -0.276. The molecule has 0 aromatic carbocycles. The third-order valence-corrected chi connectivity index (χ3v) is 6.93. The monoisotopic (exact) mass is 252 g/mol. The topological polar surface area (TPSA) is 40.5 Å². The van der Waals surface area contributed by atoms with Crippen molar-refractivity contribution in [1.82, 2.24) is 0 Å². The number of aliphatic hydroxyl groups is 2. The van der Waals surface area contributed by atoms with Gasteiger partial charge in [0.1, 0.15) is 0 Å². The average molecular weight is 252 g/mol. The van der Waals surface area contributed by atoms with Gasteiger partial charge < -0.3 is 10.2 Å². The minimum absolute atomic E-state index is 0.164. The van der Waals surface area contributed by atoms with Crippen molar-refractivity contribution in [1.29, 1.82) is 0 Å². The molecule has 0 aromatic heterocycles. The lowest BCUT2D eigenvalue weighted by Gasteiger charge is -2.63. The van der Waals surface area contributed by atoms with Gasteiger partial charge in [-0.05, 0) is 49.4 Å². The van der Waals surface area contributed by atoms with E-state index in [4.69, 9.17) is 0 Å². The van der Waals surface area contributed by atoms with Crippen molar-refractivity contribution in [2.45, 2.75) is 65.6 Å². The van der Waals surface area contributed by atoms with E-state index in [2.05, 4.69) is 27.7 Å². The highest BCUT2D eigenvalue weighted by Crippen LogP contribution is 2.70. The molecule has 0 heterocycles. The summed E-state index contributed by atoms with van der Waals surface area (Å²) in [5, 5.41) is 21.7. The second kappa shape index (κ2) is 3.73. The summed E-state index contributed by atoms with van der Waals surface area (Å²) in [5.41, 5.74) is -0.328. The summed E-state index contributed by atoms with van der Waals surface area (Å²) in [6.45, 7) is 9.07. The molecule has 0 bridgehead atoms. The molecule has 2 heteroatoms. The fraction of sp³-hybridized carbons (Fsp3) is 1.00. The molecule has 3 saturated carbocycles. The van der Waals surface area contributed by atoms with Gasteiger partial charge in [0.15, 0.2) is 0 Å². The third kappa shape index (κ3) is 1.31. The molecule has 0 aliphatic heterocycles. The van der Waals surface area contributed by atoms with E-state index in [-0.39, 0.29) is 23.0 Å². The molecule has 0 saturated heterocycles. The van der Waals surface area contributed by atoms with E-state index >= 15 is 0 Å². The first-order chi connectivity index (χ1) is 8.33. The molecule has 104 valence electrons. The Morgan fingerprint density at radius 1 is 0.611 bits per heavy atom. The van der Waals surface area contributed by atoms with Crippen molar-refractivity contribution in [2.24, 2.45) is 34.5 Å². The van der Waals surface area contributed by atoms with Crippen LogP contribution in [-0.2, 0) is 0 Å². The van der Waals surface area contributed by atoms with Gasteiger partial charge >= 0.3 is 0 Å². The first kappa shape index (κ1) is 12.9. The smallest absolute Gasteiger partial charge is 0.0702 e. The molecular weight excluding hydrogens is 224 g/mol. The van der Waals surface area contributed by atoms with Gasteiger partial charge in [0.05, 0.1) is 12.2 Å². The summed E-state index contributed by atoms with van der Waals surface area (Å²) in [4.78, 5) is 0. The van der Waals surface area contributed by atoms with Crippen molar-refractivity contribution >= 4 is 0 Å². The Hall–Kier alpha value is -0.0800. The molecule has 3 aliphatic carbocycles. The third-order valence-electron chi connectivity index (χ3n) is 6.93. The number of hydrogen-bond donors (Lipinski definition) is 2. The van der Waals surface area contributed by atoms with Gasteiger partial charge in [-0.2, -0.15) is 0 Å². The molecule has 4 unspecified atom stereocenters. The second-order valence-corrected chi connectivity index (χ2v) is 8.00. The summed E-state index contributed by atoms with van der Waals surface area (Å²) in [6, 6.07) is 0. The fourth-order valence-corrected chi connectivity index (χ4v) is 5.61. The van der Waals surface area contributed by atoms with E-state index in [1.54, 1.807) is 0 Å². The average Bonchev–Trinajstić information content (AvgIpc) is 2.80. The summed E-state index contributed by atoms with van der Waals surface area (Å²) < 4.78 is 0. The minimum Gasteiger partial charge on any atom is -0.392 e. The Balaban J connectivity index is 1.84. The van der Waals surface area contributed by atoms with Gasteiger partial charge in [-0.3, -0.25) is 0 Å². The number of aliphatic hydroxyl groups excluding tert-OH is 2. The van der Waals surface area contributed by atoms with E-state index in [1.807, 2.05) is 0 Å². The molecule has 4 atom stereocenters. The normalized spacial score (nSPS) is 63.7. The van der Waals surface area contributed by atoms with Gasteiger partial charge in [0.25, 0.3) is 0 Å².